The molecular weight excluding hydrogens is 420 g/mol. The zero-order valence-corrected chi connectivity index (χ0v) is 14.5. The summed E-state index contributed by atoms with van der Waals surface area (Å²) in [4.78, 5) is 15.8. The molecule has 0 atom stereocenters. The second kappa shape index (κ2) is 6.67. The maximum absolute atomic E-state index is 12.6. The van der Waals surface area contributed by atoms with E-state index in [0.29, 0.717) is 16.7 Å². The summed E-state index contributed by atoms with van der Waals surface area (Å²) in [6.45, 7) is 1.76. The molecule has 9 heteroatoms. The molecule has 0 aliphatic rings. The van der Waals surface area contributed by atoms with Crippen molar-refractivity contribution < 1.29 is 18.0 Å². The molecule has 0 fully saturated rings. The molecule has 0 saturated carbocycles. The number of anilines is 1. The minimum Gasteiger partial charge on any atom is -0.305 e. The summed E-state index contributed by atoms with van der Waals surface area (Å²) in [5.74, 6) is -0.825. The van der Waals surface area contributed by atoms with E-state index >= 15 is 0 Å². The molecule has 1 N–H and O–H groups in total. The Morgan fingerprint density at radius 3 is 2.48 bits per heavy atom. The van der Waals surface area contributed by atoms with Crippen molar-refractivity contribution in [1.29, 1.82) is 0 Å². The molecule has 0 unspecified atom stereocenters. The maximum Gasteiger partial charge on any atom is 0.417 e. The fourth-order valence-electron chi connectivity index (χ4n) is 1.72. The number of carbonyl (C=O) groups excluding carboxylic acids is 1. The first-order valence-electron chi connectivity index (χ1n) is 6.10. The predicted octanol–water partition coefficient (Wildman–Crippen LogP) is 5.73. The lowest BCUT2D eigenvalue weighted by Crippen LogP contribution is -2.16. The smallest absolute Gasteiger partial charge is 0.305 e. The summed E-state index contributed by atoms with van der Waals surface area (Å²) in [7, 11) is 0. The molecule has 122 valence electrons. The summed E-state index contributed by atoms with van der Waals surface area (Å²) in [6, 6.07) is 3.95. The van der Waals surface area contributed by atoms with E-state index in [2.05, 4.69) is 26.2 Å². The number of nitrogens with zero attached hydrogens (tertiary/aromatic N) is 1. The van der Waals surface area contributed by atoms with Gasteiger partial charge in [0.25, 0.3) is 5.91 Å². The molecule has 2 aromatic rings. The molecule has 0 aliphatic carbocycles. The van der Waals surface area contributed by atoms with E-state index in [9.17, 15) is 18.0 Å². The van der Waals surface area contributed by atoms with Gasteiger partial charge in [-0.2, -0.15) is 13.2 Å². The lowest BCUT2D eigenvalue weighted by Gasteiger charge is -2.12. The number of alkyl halides is 3. The van der Waals surface area contributed by atoms with E-state index in [1.54, 1.807) is 19.1 Å². The number of halogens is 6. The van der Waals surface area contributed by atoms with Crippen molar-refractivity contribution in [2.24, 2.45) is 0 Å². The van der Waals surface area contributed by atoms with E-state index in [4.69, 9.17) is 23.2 Å². The van der Waals surface area contributed by atoms with Gasteiger partial charge in [-0.3, -0.25) is 4.79 Å². The molecule has 0 radical (unpaired) electrons. The van der Waals surface area contributed by atoms with Gasteiger partial charge in [-0.05, 0) is 40.5 Å². The second-order valence-electron chi connectivity index (χ2n) is 4.56. The molecule has 1 amide bonds. The summed E-state index contributed by atoms with van der Waals surface area (Å²) in [5, 5.41) is 2.21. The van der Waals surface area contributed by atoms with E-state index in [-0.39, 0.29) is 21.4 Å². The molecule has 0 spiro atoms. The zero-order valence-electron chi connectivity index (χ0n) is 11.4. The Morgan fingerprint density at radius 2 is 1.91 bits per heavy atom. The largest absolute Gasteiger partial charge is 0.417 e. The van der Waals surface area contributed by atoms with Gasteiger partial charge in [0.15, 0.2) is 5.82 Å². The Kier molecular flexibility index (Phi) is 5.23. The van der Waals surface area contributed by atoms with Crippen LogP contribution < -0.4 is 5.32 Å². The van der Waals surface area contributed by atoms with E-state index in [0.717, 1.165) is 5.56 Å². The van der Waals surface area contributed by atoms with Crippen LogP contribution in [0.25, 0.3) is 0 Å². The normalized spacial score (nSPS) is 11.4. The molecular formula is C14H8BrCl2F3N2O. The van der Waals surface area contributed by atoms with Crippen LogP contribution in [0.5, 0.6) is 0 Å². The summed E-state index contributed by atoms with van der Waals surface area (Å²) in [6.07, 6.45) is -3.98. The van der Waals surface area contributed by atoms with Crippen LogP contribution in [0.4, 0.5) is 19.0 Å². The Hall–Kier alpha value is -1.31. The molecule has 0 bridgehead atoms. The van der Waals surface area contributed by atoms with Crippen molar-refractivity contribution in [3.63, 3.8) is 0 Å². The quantitative estimate of drug-likeness (QED) is 0.664. The number of aryl methyl sites for hydroxylation is 1. The Morgan fingerprint density at radius 1 is 1.26 bits per heavy atom. The molecule has 23 heavy (non-hydrogen) atoms. The van der Waals surface area contributed by atoms with Crippen LogP contribution in [0, 0.1) is 6.92 Å². The van der Waals surface area contributed by atoms with Crippen LogP contribution in [0.15, 0.2) is 28.9 Å². The summed E-state index contributed by atoms with van der Waals surface area (Å²) >= 11 is 15.0. The molecule has 1 aromatic carbocycles. The van der Waals surface area contributed by atoms with Crippen molar-refractivity contribution in [3.05, 3.63) is 55.6 Å². The molecule has 1 heterocycles. The number of nitrogens with one attached hydrogen (secondary N) is 1. The van der Waals surface area contributed by atoms with Gasteiger partial charge in [0.2, 0.25) is 0 Å². The SMILES string of the molecule is Cc1ccc(Cl)c(C(=O)Nc2ncc(C(F)(F)F)cc2Cl)c1Br. The average Bonchev–Trinajstić information content (AvgIpc) is 2.44. The predicted molar refractivity (Wildman–Crippen MR) is 86.1 cm³/mol. The van der Waals surface area contributed by atoms with Crippen LogP contribution in [0.2, 0.25) is 10.0 Å². The molecule has 2 rings (SSSR count). The van der Waals surface area contributed by atoms with Crippen LogP contribution in [0.3, 0.4) is 0 Å². The lowest BCUT2D eigenvalue weighted by atomic mass is 10.1. The summed E-state index contributed by atoms with van der Waals surface area (Å²) in [5.41, 5.74) is -0.0919. The van der Waals surface area contributed by atoms with Crippen LogP contribution >= 0.6 is 39.1 Å². The number of aromatic nitrogens is 1. The van der Waals surface area contributed by atoms with E-state index in [1.807, 2.05) is 0 Å². The minimum atomic E-state index is -4.57. The van der Waals surface area contributed by atoms with Gasteiger partial charge in [0, 0.05) is 10.7 Å². The number of hydrogen-bond donors (Lipinski definition) is 1. The first-order valence-corrected chi connectivity index (χ1v) is 7.65. The topological polar surface area (TPSA) is 42.0 Å². The van der Waals surface area contributed by atoms with Gasteiger partial charge in [-0.15, -0.1) is 0 Å². The number of benzene rings is 1. The Labute approximate surface area is 147 Å². The summed E-state index contributed by atoms with van der Waals surface area (Å²) < 4.78 is 38.2. The highest BCUT2D eigenvalue weighted by molar-refractivity contribution is 9.10. The van der Waals surface area contributed by atoms with Crippen molar-refractivity contribution in [1.82, 2.24) is 4.98 Å². The number of carbonyl (C=O) groups is 1. The lowest BCUT2D eigenvalue weighted by molar-refractivity contribution is -0.137. The molecule has 0 aliphatic heterocycles. The monoisotopic (exact) mass is 426 g/mol. The highest BCUT2D eigenvalue weighted by Crippen LogP contribution is 2.33. The number of pyridine rings is 1. The standard InChI is InChI=1S/C14H8BrCl2F3N2O/c1-6-2-3-8(16)10(11(6)15)13(23)22-12-9(17)4-7(5-21-12)14(18,19)20/h2-5H,1H3,(H,21,22,23). The van der Waals surface area contributed by atoms with Crippen molar-refractivity contribution >= 4 is 50.9 Å². The van der Waals surface area contributed by atoms with Gasteiger partial charge >= 0.3 is 6.18 Å². The third-order valence-electron chi connectivity index (χ3n) is 2.91. The maximum atomic E-state index is 12.6. The molecule has 3 nitrogen and oxygen atoms in total. The van der Waals surface area contributed by atoms with Gasteiger partial charge in [-0.25, -0.2) is 4.98 Å². The van der Waals surface area contributed by atoms with Crippen molar-refractivity contribution in [3.8, 4) is 0 Å². The van der Waals surface area contributed by atoms with Crippen LogP contribution in [-0.2, 0) is 6.18 Å². The van der Waals surface area contributed by atoms with Crippen LogP contribution in [-0.4, -0.2) is 10.9 Å². The number of amides is 1. The van der Waals surface area contributed by atoms with Gasteiger partial charge in [0.1, 0.15) is 0 Å². The highest BCUT2D eigenvalue weighted by Gasteiger charge is 2.31. The minimum absolute atomic E-state index is 0.143. The zero-order chi connectivity index (χ0) is 17.4. The van der Waals surface area contributed by atoms with Crippen molar-refractivity contribution in [2.45, 2.75) is 13.1 Å². The fourth-order valence-corrected chi connectivity index (χ4v) is 2.82. The first kappa shape index (κ1) is 18.0. The fraction of sp³-hybridized carbons (Fsp3) is 0.143. The Bertz CT molecular complexity index is 781. The van der Waals surface area contributed by atoms with Crippen molar-refractivity contribution in [2.75, 3.05) is 5.32 Å². The van der Waals surface area contributed by atoms with Crippen LogP contribution in [0.1, 0.15) is 21.5 Å². The average molecular weight is 428 g/mol. The van der Waals surface area contributed by atoms with E-state index < -0.39 is 17.6 Å². The highest BCUT2D eigenvalue weighted by atomic mass is 79.9. The number of hydrogen-bond acceptors (Lipinski definition) is 2. The molecule has 1 aromatic heterocycles. The van der Waals surface area contributed by atoms with Gasteiger partial charge in [-0.1, -0.05) is 29.3 Å². The van der Waals surface area contributed by atoms with Gasteiger partial charge < -0.3 is 5.32 Å². The first-order chi connectivity index (χ1) is 10.6. The third-order valence-corrected chi connectivity index (χ3v) is 4.54. The van der Waals surface area contributed by atoms with Gasteiger partial charge in [0.05, 0.1) is 21.2 Å². The molecule has 0 saturated heterocycles. The third kappa shape index (κ3) is 3.97. The number of rotatable bonds is 2. The second-order valence-corrected chi connectivity index (χ2v) is 6.17. The Balaban J connectivity index is 2.34. The van der Waals surface area contributed by atoms with E-state index in [1.165, 1.54) is 0 Å².